The molecule has 0 amide bonds. The maximum atomic E-state index is 11.2. The number of rotatable bonds is 5. The summed E-state index contributed by atoms with van der Waals surface area (Å²) in [6.07, 6.45) is 6.16. The third-order valence-corrected chi connectivity index (χ3v) is 7.38. The number of nitrogens with zero attached hydrogens (tertiary/aromatic N) is 4. The van der Waals surface area contributed by atoms with Gasteiger partial charge in [0.1, 0.15) is 17.8 Å². The smallest absolute Gasteiger partial charge is 0.270 e. The van der Waals surface area contributed by atoms with Gasteiger partial charge in [0, 0.05) is 48.2 Å². The Morgan fingerprint density at radius 3 is 2.63 bits per heavy atom. The first-order valence-electron chi connectivity index (χ1n) is 12.3. The average Bonchev–Trinajstić information content (AvgIpc) is 3.28. The van der Waals surface area contributed by atoms with E-state index in [0.29, 0.717) is 12.1 Å². The number of H-pyrrole nitrogens is 1. The van der Waals surface area contributed by atoms with Gasteiger partial charge in [0.2, 0.25) is 0 Å². The predicted octanol–water partition coefficient (Wildman–Crippen LogP) is 4.74. The molecule has 3 heterocycles. The fraction of sp³-hybridized carbons (Fsp3) is 0.385. The van der Waals surface area contributed by atoms with Crippen LogP contribution < -0.4 is 5.32 Å². The Morgan fingerprint density at radius 2 is 1.83 bits per heavy atom. The number of benzene rings is 2. The summed E-state index contributed by atoms with van der Waals surface area (Å²) < 4.78 is 5.51. The summed E-state index contributed by atoms with van der Waals surface area (Å²) in [6, 6.07) is 13.8. The second-order valence-corrected chi connectivity index (χ2v) is 9.44. The van der Waals surface area contributed by atoms with Crippen molar-refractivity contribution in [1.29, 1.82) is 0 Å². The molecule has 0 unspecified atom stereocenters. The van der Waals surface area contributed by atoms with Crippen LogP contribution in [0.5, 0.6) is 0 Å². The van der Waals surface area contributed by atoms with Crippen LogP contribution in [0.25, 0.3) is 33.1 Å². The quantitative estimate of drug-likeness (QED) is 0.319. The van der Waals surface area contributed by atoms with Gasteiger partial charge in [-0.2, -0.15) is 0 Å². The van der Waals surface area contributed by atoms with Crippen LogP contribution in [0.4, 0.5) is 11.5 Å². The maximum Gasteiger partial charge on any atom is 0.270 e. The molecule has 1 aliphatic carbocycles. The molecule has 9 nitrogen and oxygen atoms in total. The van der Waals surface area contributed by atoms with Gasteiger partial charge >= 0.3 is 0 Å². The zero-order chi connectivity index (χ0) is 23.8. The lowest BCUT2D eigenvalue weighted by atomic mass is 9.90. The van der Waals surface area contributed by atoms with Gasteiger partial charge in [-0.3, -0.25) is 15.0 Å². The normalized spacial score (nSPS) is 21.4. The van der Waals surface area contributed by atoms with Gasteiger partial charge in [-0.1, -0.05) is 18.2 Å². The van der Waals surface area contributed by atoms with Crippen LogP contribution in [-0.4, -0.2) is 63.2 Å². The van der Waals surface area contributed by atoms with Crippen LogP contribution in [0, 0.1) is 10.1 Å². The summed E-state index contributed by atoms with van der Waals surface area (Å²) in [4.78, 5) is 25.9. The molecule has 0 spiro atoms. The van der Waals surface area contributed by atoms with Crippen LogP contribution in [0.1, 0.15) is 25.7 Å². The molecule has 2 aromatic heterocycles. The van der Waals surface area contributed by atoms with E-state index in [9.17, 15) is 10.1 Å². The number of morpholine rings is 1. The lowest BCUT2D eigenvalue weighted by molar-refractivity contribution is -0.384. The summed E-state index contributed by atoms with van der Waals surface area (Å²) in [5.74, 6) is 0.840. The zero-order valence-corrected chi connectivity index (χ0v) is 19.4. The minimum atomic E-state index is -0.364. The van der Waals surface area contributed by atoms with Gasteiger partial charge < -0.3 is 15.0 Å². The first-order valence-corrected chi connectivity index (χ1v) is 12.3. The molecule has 6 rings (SSSR count). The van der Waals surface area contributed by atoms with E-state index in [-0.39, 0.29) is 10.6 Å². The Labute approximate surface area is 202 Å². The number of anilines is 1. The van der Waals surface area contributed by atoms with Gasteiger partial charge in [0.25, 0.3) is 5.69 Å². The summed E-state index contributed by atoms with van der Waals surface area (Å²) in [7, 11) is 0. The van der Waals surface area contributed by atoms with Crippen LogP contribution >= 0.6 is 0 Å². The van der Waals surface area contributed by atoms with Crippen LogP contribution in [0.15, 0.2) is 48.8 Å². The van der Waals surface area contributed by atoms with Gasteiger partial charge in [0.05, 0.1) is 23.5 Å². The number of hydrogen-bond acceptors (Lipinski definition) is 7. The molecule has 1 aliphatic heterocycles. The molecule has 2 aliphatic rings. The largest absolute Gasteiger partial charge is 0.379 e. The Balaban J connectivity index is 1.27. The van der Waals surface area contributed by atoms with Crippen molar-refractivity contribution in [1.82, 2.24) is 19.9 Å². The minimum absolute atomic E-state index is 0.0832. The highest BCUT2D eigenvalue weighted by atomic mass is 16.6. The molecule has 0 radical (unpaired) electrons. The van der Waals surface area contributed by atoms with Crippen molar-refractivity contribution in [3.05, 3.63) is 58.9 Å². The zero-order valence-electron chi connectivity index (χ0n) is 19.4. The van der Waals surface area contributed by atoms with Gasteiger partial charge in [-0.25, -0.2) is 9.97 Å². The first kappa shape index (κ1) is 21.9. The fourth-order valence-corrected chi connectivity index (χ4v) is 5.53. The Hall–Kier alpha value is -3.56. The predicted molar refractivity (Wildman–Crippen MR) is 136 cm³/mol. The highest BCUT2D eigenvalue weighted by molar-refractivity contribution is 6.12. The van der Waals surface area contributed by atoms with Crippen molar-refractivity contribution in [2.24, 2.45) is 0 Å². The van der Waals surface area contributed by atoms with Crippen LogP contribution in [0.2, 0.25) is 0 Å². The molecule has 0 bridgehead atoms. The minimum Gasteiger partial charge on any atom is -0.379 e. The molecule has 2 aromatic carbocycles. The number of ether oxygens (including phenoxy) is 1. The SMILES string of the molecule is O=[N+]([O-])c1cccc(-c2ccc3[nH]c4ncnc(NC5CCC(N6CCOCC6)CC5)c4c3c2)c1. The molecule has 2 N–H and O–H groups in total. The number of nitro groups is 1. The molecule has 2 fully saturated rings. The summed E-state index contributed by atoms with van der Waals surface area (Å²) >= 11 is 0. The third-order valence-electron chi connectivity index (χ3n) is 7.38. The van der Waals surface area contributed by atoms with Crippen molar-refractivity contribution in [2.45, 2.75) is 37.8 Å². The van der Waals surface area contributed by atoms with Gasteiger partial charge in [0.15, 0.2) is 0 Å². The van der Waals surface area contributed by atoms with E-state index in [4.69, 9.17) is 4.74 Å². The highest BCUT2D eigenvalue weighted by Crippen LogP contribution is 2.35. The van der Waals surface area contributed by atoms with Crippen molar-refractivity contribution >= 4 is 33.4 Å². The van der Waals surface area contributed by atoms with Gasteiger partial charge in [-0.05, 0) is 48.9 Å². The number of aromatic amines is 1. The number of non-ortho nitro benzene ring substituents is 1. The van der Waals surface area contributed by atoms with Crippen molar-refractivity contribution < 1.29 is 9.66 Å². The summed E-state index contributed by atoms with van der Waals surface area (Å²) in [6.45, 7) is 3.76. The van der Waals surface area contributed by atoms with Gasteiger partial charge in [-0.15, -0.1) is 0 Å². The van der Waals surface area contributed by atoms with Crippen molar-refractivity contribution in [2.75, 3.05) is 31.6 Å². The molecule has 0 atom stereocenters. The maximum absolute atomic E-state index is 11.2. The number of nitro benzene ring substituents is 1. The summed E-state index contributed by atoms with van der Waals surface area (Å²) in [5.41, 5.74) is 3.57. The monoisotopic (exact) mass is 472 g/mol. The Bertz CT molecular complexity index is 1370. The lowest BCUT2D eigenvalue weighted by Gasteiger charge is -2.39. The Kier molecular flexibility index (Phi) is 5.79. The highest BCUT2D eigenvalue weighted by Gasteiger charge is 2.27. The van der Waals surface area contributed by atoms with Crippen LogP contribution in [0.3, 0.4) is 0 Å². The fourth-order valence-electron chi connectivity index (χ4n) is 5.53. The van der Waals surface area contributed by atoms with Crippen molar-refractivity contribution in [3.8, 4) is 11.1 Å². The number of nitrogens with one attached hydrogen (secondary N) is 2. The van der Waals surface area contributed by atoms with Crippen molar-refractivity contribution in [3.63, 3.8) is 0 Å². The molecular weight excluding hydrogens is 444 g/mol. The summed E-state index contributed by atoms with van der Waals surface area (Å²) in [5, 5.41) is 16.9. The lowest BCUT2D eigenvalue weighted by Crippen LogP contribution is -2.46. The van der Waals surface area contributed by atoms with E-state index < -0.39 is 0 Å². The van der Waals surface area contributed by atoms with E-state index in [1.165, 1.54) is 18.9 Å². The molecule has 1 saturated carbocycles. The Morgan fingerprint density at radius 1 is 1.03 bits per heavy atom. The van der Waals surface area contributed by atoms with E-state index in [1.54, 1.807) is 18.5 Å². The van der Waals surface area contributed by atoms with E-state index in [1.807, 2.05) is 18.2 Å². The molecule has 1 saturated heterocycles. The number of aromatic nitrogens is 3. The van der Waals surface area contributed by atoms with E-state index >= 15 is 0 Å². The second-order valence-electron chi connectivity index (χ2n) is 9.44. The molecule has 180 valence electrons. The first-order chi connectivity index (χ1) is 17.2. The molecule has 9 heteroatoms. The van der Waals surface area contributed by atoms with Crippen LogP contribution in [-0.2, 0) is 4.74 Å². The number of fused-ring (bicyclic) bond motifs is 3. The molecule has 35 heavy (non-hydrogen) atoms. The topological polar surface area (TPSA) is 109 Å². The average molecular weight is 473 g/mol. The van der Waals surface area contributed by atoms with E-state index in [0.717, 1.165) is 78.0 Å². The molecule has 4 aromatic rings. The third kappa shape index (κ3) is 4.33. The number of hydrogen-bond donors (Lipinski definition) is 2. The molecular formula is C26H28N6O3. The van der Waals surface area contributed by atoms with E-state index in [2.05, 4.69) is 31.2 Å². The standard InChI is InChI=1S/C26H28N6O3/c33-32(34)21-3-1-2-17(14-21)18-4-9-23-22(15-18)24-25(27-16-28-26(24)30-23)29-19-5-7-20(8-6-19)31-10-12-35-13-11-31/h1-4,9,14-16,19-20H,5-8,10-13H2,(H2,27,28,29,30). The second kappa shape index (κ2) is 9.24.